The van der Waals surface area contributed by atoms with Gasteiger partial charge >= 0.3 is 5.97 Å². The lowest BCUT2D eigenvalue weighted by Crippen LogP contribution is -2.53. The van der Waals surface area contributed by atoms with Crippen LogP contribution in [0.3, 0.4) is 0 Å². The van der Waals surface area contributed by atoms with Gasteiger partial charge in [0.1, 0.15) is 10.5 Å². The molecule has 4 amide bonds. The van der Waals surface area contributed by atoms with E-state index in [1.165, 1.54) is 11.3 Å². The van der Waals surface area contributed by atoms with Gasteiger partial charge in [0.05, 0.1) is 24.0 Å². The minimum atomic E-state index is -1.48. The molecule has 37 heavy (non-hydrogen) atoms. The molecule has 0 radical (unpaired) electrons. The number of esters is 1. The molecule has 1 aromatic heterocycles. The topological polar surface area (TPSA) is 148 Å². The van der Waals surface area contributed by atoms with E-state index in [9.17, 15) is 24.0 Å². The van der Waals surface area contributed by atoms with Gasteiger partial charge in [-0.15, -0.1) is 11.3 Å². The van der Waals surface area contributed by atoms with E-state index in [-0.39, 0.29) is 30.0 Å². The van der Waals surface area contributed by atoms with Crippen LogP contribution in [0.15, 0.2) is 24.3 Å². The average Bonchev–Trinajstić information content (AvgIpc) is 3.63. The molecule has 1 aromatic carbocycles. The van der Waals surface area contributed by atoms with Crippen molar-refractivity contribution >= 4 is 51.6 Å². The van der Waals surface area contributed by atoms with Crippen molar-refractivity contribution in [1.82, 2.24) is 5.32 Å². The summed E-state index contributed by atoms with van der Waals surface area (Å²) in [5.74, 6) is -4.50. The Balaban J connectivity index is 1.49. The first kappa shape index (κ1) is 23.8. The molecule has 0 saturated carbocycles. The Morgan fingerprint density at radius 1 is 1.19 bits per heavy atom. The van der Waals surface area contributed by atoms with E-state index in [4.69, 9.17) is 10.5 Å². The maximum atomic E-state index is 14.2. The number of primary amides is 1. The fraction of sp³-hybridized carbons (Fsp3) is 0.423. The van der Waals surface area contributed by atoms with Crippen molar-refractivity contribution < 1.29 is 28.7 Å². The Bertz CT molecular complexity index is 1390. The molecule has 6 rings (SSSR count). The summed E-state index contributed by atoms with van der Waals surface area (Å²) < 4.78 is 5.31. The predicted molar refractivity (Wildman–Crippen MR) is 134 cm³/mol. The molecule has 1 aliphatic carbocycles. The largest absolute Gasteiger partial charge is 0.462 e. The van der Waals surface area contributed by atoms with Crippen molar-refractivity contribution in [3.8, 4) is 0 Å². The monoisotopic (exact) mass is 522 g/mol. The summed E-state index contributed by atoms with van der Waals surface area (Å²) in [5, 5.41) is 6.40. The van der Waals surface area contributed by atoms with Crippen LogP contribution >= 0.6 is 11.3 Å². The van der Waals surface area contributed by atoms with Gasteiger partial charge in [0.15, 0.2) is 0 Å². The van der Waals surface area contributed by atoms with Gasteiger partial charge in [-0.25, -0.2) is 9.69 Å². The van der Waals surface area contributed by atoms with Crippen LogP contribution in [0, 0.1) is 11.8 Å². The molecule has 3 aliphatic heterocycles. The molecule has 192 valence electrons. The van der Waals surface area contributed by atoms with E-state index >= 15 is 0 Å². The highest BCUT2D eigenvalue weighted by atomic mass is 32.1. The molecule has 4 N–H and O–H groups in total. The van der Waals surface area contributed by atoms with Crippen LogP contribution in [0.1, 0.15) is 52.5 Å². The highest BCUT2D eigenvalue weighted by Gasteiger charge is 2.70. The number of carbonyl (C=O) groups is 5. The zero-order valence-corrected chi connectivity index (χ0v) is 21.0. The Morgan fingerprint density at radius 2 is 1.97 bits per heavy atom. The number of benzene rings is 1. The van der Waals surface area contributed by atoms with Gasteiger partial charge in [0.2, 0.25) is 23.6 Å². The second-order valence-corrected chi connectivity index (χ2v) is 10.9. The molecule has 4 aliphatic rings. The van der Waals surface area contributed by atoms with E-state index in [2.05, 4.69) is 10.6 Å². The number of rotatable bonds is 6. The van der Waals surface area contributed by atoms with Crippen molar-refractivity contribution in [2.24, 2.45) is 17.6 Å². The number of para-hydroxylation sites is 1. The summed E-state index contributed by atoms with van der Waals surface area (Å²) in [6, 6.07) is 6.42. The number of imide groups is 1. The highest BCUT2D eigenvalue weighted by Crippen LogP contribution is 2.55. The number of fused-ring (bicyclic) bond motifs is 5. The summed E-state index contributed by atoms with van der Waals surface area (Å²) in [6.07, 6.45) is 2.50. The molecule has 4 heterocycles. The SMILES string of the molecule is CCOC(=O)c1c(N2C(=O)[C@@H]3C(CCC(N)=O)NC4(C(=O)Nc5ccccc54)[C@@H]3C2=O)sc2c1CCC2. The van der Waals surface area contributed by atoms with Crippen LogP contribution < -0.4 is 21.3 Å². The third-order valence-corrected chi connectivity index (χ3v) is 9.19. The Labute approximate surface area is 216 Å². The van der Waals surface area contributed by atoms with Crippen LogP contribution in [0.5, 0.6) is 0 Å². The van der Waals surface area contributed by atoms with E-state index in [0.717, 1.165) is 28.2 Å². The molecule has 4 atom stereocenters. The average molecular weight is 523 g/mol. The van der Waals surface area contributed by atoms with Crippen LogP contribution in [0.25, 0.3) is 0 Å². The second kappa shape index (κ2) is 8.49. The van der Waals surface area contributed by atoms with Crippen LogP contribution in [-0.2, 0) is 42.3 Å². The second-order valence-electron chi connectivity index (χ2n) is 9.84. The molecule has 2 fully saturated rings. The van der Waals surface area contributed by atoms with Crippen molar-refractivity contribution in [2.75, 3.05) is 16.8 Å². The lowest BCUT2D eigenvalue weighted by Gasteiger charge is -2.29. The van der Waals surface area contributed by atoms with Gasteiger partial charge < -0.3 is 15.8 Å². The molecule has 2 aromatic rings. The lowest BCUT2D eigenvalue weighted by molar-refractivity contribution is -0.130. The van der Waals surface area contributed by atoms with E-state index < -0.39 is 53.0 Å². The van der Waals surface area contributed by atoms with E-state index in [1.807, 2.05) is 0 Å². The zero-order valence-electron chi connectivity index (χ0n) is 20.2. The number of ether oxygens (including phenoxy) is 1. The number of thiophene rings is 1. The van der Waals surface area contributed by atoms with Crippen LogP contribution in [-0.4, -0.2) is 42.2 Å². The predicted octanol–water partition coefficient (Wildman–Crippen LogP) is 1.60. The van der Waals surface area contributed by atoms with Crippen molar-refractivity contribution in [3.05, 3.63) is 45.8 Å². The smallest absolute Gasteiger partial charge is 0.341 e. The summed E-state index contributed by atoms with van der Waals surface area (Å²) in [7, 11) is 0. The van der Waals surface area contributed by atoms with Gasteiger partial charge in [-0.3, -0.25) is 24.5 Å². The number of aryl methyl sites for hydroxylation is 1. The fourth-order valence-electron chi connectivity index (χ4n) is 6.47. The third kappa shape index (κ3) is 3.23. The Morgan fingerprint density at radius 3 is 2.73 bits per heavy atom. The number of amides is 4. The summed E-state index contributed by atoms with van der Waals surface area (Å²) >= 11 is 1.27. The number of nitrogens with zero attached hydrogens (tertiary/aromatic N) is 1. The quantitative estimate of drug-likeness (QED) is 0.386. The number of anilines is 2. The van der Waals surface area contributed by atoms with Gasteiger partial charge in [-0.1, -0.05) is 18.2 Å². The third-order valence-electron chi connectivity index (χ3n) is 7.91. The molecular weight excluding hydrogens is 496 g/mol. The van der Waals surface area contributed by atoms with Crippen molar-refractivity contribution in [1.29, 1.82) is 0 Å². The Kier molecular flexibility index (Phi) is 5.46. The summed E-state index contributed by atoms with van der Waals surface area (Å²) in [5.41, 5.74) is 6.17. The number of hydrogen-bond acceptors (Lipinski definition) is 8. The summed E-state index contributed by atoms with van der Waals surface area (Å²) in [4.78, 5) is 68.5. The fourth-order valence-corrected chi connectivity index (χ4v) is 7.85. The van der Waals surface area contributed by atoms with Crippen molar-refractivity contribution in [3.63, 3.8) is 0 Å². The molecule has 11 heteroatoms. The number of nitrogens with one attached hydrogen (secondary N) is 2. The molecule has 1 spiro atoms. The molecule has 0 bridgehead atoms. The van der Waals surface area contributed by atoms with Crippen molar-refractivity contribution in [2.45, 2.75) is 50.6 Å². The first-order valence-corrected chi connectivity index (χ1v) is 13.3. The van der Waals surface area contributed by atoms with Crippen LogP contribution in [0.4, 0.5) is 10.7 Å². The van der Waals surface area contributed by atoms with Gasteiger partial charge in [-0.2, -0.15) is 0 Å². The zero-order chi connectivity index (χ0) is 26.1. The number of hydrogen-bond donors (Lipinski definition) is 3. The maximum absolute atomic E-state index is 14.2. The lowest BCUT2D eigenvalue weighted by atomic mass is 9.76. The van der Waals surface area contributed by atoms with Gasteiger partial charge in [-0.05, 0) is 44.2 Å². The van der Waals surface area contributed by atoms with E-state index in [0.29, 0.717) is 17.7 Å². The van der Waals surface area contributed by atoms with Crippen LogP contribution in [0.2, 0.25) is 0 Å². The number of nitrogens with two attached hydrogens (primary N) is 1. The normalized spacial score (nSPS) is 27.4. The molecule has 2 saturated heterocycles. The Hall–Kier alpha value is -3.57. The highest BCUT2D eigenvalue weighted by molar-refractivity contribution is 7.17. The number of carbonyl (C=O) groups excluding carboxylic acids is 5. The molecule has 2 unspecified atom stereocenters. The maximum Gasteiger partial charge on any atom is 0.341 e. The summed E-state index contributed by atoms with van der Waals surface area (Å²) in [6.45, 7) is 1.87. The first-order chi connectivity index (χ1) is 17.8. The minimum absolute atomic E-state index is 0.0108. The van der Waals surface area contributed by atoms with Gasteiger partial charge in [0.25, 0.3) is 0 Å². The van der Waals surface area contributed by atoms with E-state index in [1.54, 1.807) is 31.2 Å². The minimum Gasteiger partial charge on any atom is -0.462 e. The first-order valence-electron chi connectivity index (χ1n) is 12.5. The molecular formula is C26H26N4O6S. The standard InChI is InChI=1S/C26H26N4O6S/c1-2-36-24(34)18-12-6-5-9-16(12)37-23(18)30-21(32)19-15(10-11-17(27)31)29-26(20(19)22(30)33)13-7-3-4-8-14(13)28-25(26)35/h3-4,7-8,15,19-20,29H,2,5-6,9-11H2,1H3,(H2,27,31)(H,28,35)/t15?,19-,20+,26?/m1/s1. The van der Waals surface area contributed by atoms with Gasteiger partial charge in [0, 0.05) is 28.6 Å². The molecule has 10 nitrogen and oxygen atoms in total.